The van der Waals surface area contributed by atoms with Gasteiger partial charge >= 0.3 is 0 Å². The molecule has 0 aromatic heterocycles. The normalized spacial score (nSPS) is 12.4. The second kappa shape index (κ2) is 6.07. The minimum Gasteiger partial charge on any atom is -0.388 e. The van der Waals surface area contributed by atoms with Crippen LogP contribution in [0.4, 0.5) is 0 Å². The molecule has 1 N–H and O–H groups in total. The third-order valence-electron chi connectivity index (χ3n) is 3.05. The summed E-state index contributed by atoms with van der Waals surface area (Å²) >= 11 is 1.71. The fraction of sp³-hybridized carbons (Fsp3) is 0.250. The van der Waals surface area contributed by atoms with Crippen LogP contribution in [0.2, 0.25) is 0 Å². The molecule has 2 heteroatoms. The lowest BCUT2D eigenvalue weighted by molar-refractivity contribution is 0.178. The molecule has 1 atom stereocenters. The van der Waals surface area contributed by atoms with Gasteiger partial charge < -0.3 is 5.11 Å². The van der Waals surface area contributed by atoms with Crippen LogP contribution in [0.1, 0.15) is 22.8 Å². The lowest BCUT2D eigenvalue weighted by atomic mass is 10.0. The zero-order chi connectivity index (χ0) is 13.0. The molecule has 1 unspecified atom stereocenters. The predicted molar refractivity (Wildman–Crippen MR) is 78.1 cm³/mol. The number of aliphatic hydroxyl groups excluding tert-OH is 1. The Morgan fingerprint density at radius 2 is 1.61 bits per heavy atom. The van der Waals surface area contributed by atoms with E-state index in [-0.39, 0.29) is 0 Å². The smallest absolute Gasteiger partial charge is 0.0830 e. The van der Waals surface area contributed by atoms with Gasteiger partial charge in [0.2, 0.25) is 0 Å². The summed E-state index contributed by atoms with van der Waals surface area (Å²) in [5, 5.41) is 10.2. The molecule has 0 aliphatic rings. The second-order valence-corrected chi connectivity index (χ2v) is 5.36. The lowest BCUT2D eigenvalue weighted by Crippen LogP contribution is -2.01. The van der Waals surface area contributed by atoms with Gasteiger partial charge in [0, 0.05) is 11.3 Å². The molecule has 2 aromatic carbocycles. The van der Waals surface area contributed by atoms with Crippen LogP contribution < -0.4 is 0 Å². The highest BCUT2D eigenvalue weighted by molar-refractivity contribution is 7.98. The Morgan fingerprint density at radius 1 is 1.00 bits per heavy atom. The first-order valence-electron chi connectivity index (χ1n) is 6.06. The number of thioether (sulfide) groups is 1. The number of aliphatic hydroxyl groups is 1. The van der Waals surface area contributed by atoms with Crippen molar-refractivity contribution in [3.63, 3.8) is 0 Å². The highest BCUT2D eigenvalue weighted by Gasteiger charge is 2.08. The summed E-state index contributed by atoms with van der Waals surface area (Å²) in [5.41, 5.74) is 3.40. The van der Waals surface area contributed by atoms with Crippen molar-refractivity contribution in [2.45, 2.75) is 24.3 Å². The van der Waals surface area contributed by atoms with Crippen molar-refractivity contribution in [2.24, 2.45) is 0 Å². The van der Waals surface area contributed by atoms with Crippen molar-refractivity contribution in [1.29, 1.82) is 0 Å². The number of benzene rings is 2. The quantitative estimate of drug-likeness (QED) is 0.837. The van der Waals surface area contributed by atoms with Crippen LogP contribution in [0.25, 0.3) is 0 Å². The van der Waals surface area contributed by atoms with Crippen molar-refractivity contribution in [3.05, 3.63) is 65.2 Å². The van der Waals surface area contributed by atoms with Gasteiger partial charge in [-0.05, 0) is 36.4 Å². The van der Waals surface area contributed by atoms with E-state index in [9.17, 15) is 5.11 Å². The van der Waals surface area contributed by atoms with Crippen molar-refractivity contribution in [2.75, 3.05) is 6.26 Å². The maximum atomic E-state index is 10.2. The van der Waals surface area contributed by atoms with Gasteiger partial charge in [-0.1, -0.05) is 42.0 Å². The van der Waals surface area contributed by atoms with E-state index in [2.05, 4.69) is 49.6 Å². The third-order valence-corrected chi connectivity index (χ3v) is 3.79. The molecule has 18 heavy (non-hydrogen) atoms. The average Bonchev–Trinajstić information content (AvgIpc) is 2.41. The zero-order valence-electron chi connectivity index (χ0n) is 10.8. The molecule has 0 amide bonds. The van der Waals surface area contributed by atoms with E-state index in [1.807, 2.05) is 12.1 Å². The van der Waals surface area contributed by atoms with E-state index >= 15 is 0 Å². The van der Waals surface area contributed by atoms with E-state index in [1.165, 1.54) is 16.0 Å². The summed E-state index contributed by atoms with van der Waals surface area (Å²) in [5.74, 6) is 0. The monoisotopic (exact) mass is 258 g/mol. The summed E-state index contributed by atoms with van der Waals surface area (Å²) in [6.07, 6.45) is 2.29. The van der Waals surface area contributed by atoms with Crippen molar-refractivity contribution in [3.8, 4) is 0 Å². The second-order valence-electron chi connectivity index (χ2n) is 4.48. The lowest BCUT2D eigenvalue weighted by Gasteiger charge is -2.11. The zero-order valence-corrected chi connectivity index (χ0v) is 11.6. The SMILES string of the molecule is CSc1ccc(C(O)Cc2ccc(C)cc2)cc1. The first-order chi connectivity index (χ1) is 8.69. The molecule has 2 aromatic rings. The molecular weight excluding hydrogens is 240 g/mol. The molecule has 0 saturated heterocycles. The van der Waals surface area contributed by atoms with Crippen LogP contribution in [0, 0.1) is 6.92 Å². The maximum absolute atomic E-state index is 10.2. The van der Waals surface area contributed by atoms with Crippen molar-refractivity contribution >= 4 is 11.8 Å². The average molecular weight is 258 g/mol. The third kappa shape index (κ3) is 3.37. The van der Waals surface area contributed by atoms with Crippen LogP contribution in [0.5, 0.6) is 0 Å². The molecule has 1 nitrogen and oxygen atoms in total. The number of rotatable bonds is 4. The highest BCUT2D eigenvalue weighted by Crippen LogP contribution is 2.22. The molecule has 2 rings (SSSR count). The minimum atomic E-state index is -0.427. The molecular formula is C16H18OS. The topological polar surface area (TPSA) is 20.2 Å². The summed E-state index contributed by atoms with van der Waals surface area (Å²) in [7, 11) is 0. The molecule has 94 valence electrons. The Labute approximate surface area is 113 Å². The molecule has 0 aliphatic carbocycles. The van der Waals surface area contributed by atoms with Gasteiger partial charge in [0.15, 0.2) is 0 Å². The van der Waals surface area contributed by atoms with Gasteiger partial charge in [0.05, 0.1) is 6.10 Å². The largest absolute Gasteiger partial charge is 0.388 e. The van der Waals surface area contributed by atoms with E-state index < -0.39 is 6.10 Å². The van der Waals surface area contributed by atoms with Crippen LogP contribution in [0.15, 0.2) is 53.4 Å². The van der Waals surface area contributed by atoms with Gasteiger partial charge in [-0.2, -0.15) is 0 Å². The molecule has 0 bridgehead atoms. The van der Waals surface area contributed by atoms with Crippen LogP contribution in [-0.4, -0.2) is 11.4 Å². The van der Waals surface area contributed by atoms with Crippen LogP contribution in [0.3, 0.4) is 0 Å². The van der Waals surface area contributed by atoms with Crippen LogP contribution in [-0.2, 0) is 6.42 Å². The summed E-state index contributed by atoms with van der Waals surface area (Å²) in [6, 6.07) is 16.4. The van der Waals surface area contributed by atoms with Gasteiger partial charge in [0.25, 0.3) is 0 Å². The van der Waals surface area contributed by atoms with Crippen molar-refractivity contribution < 1.29 is 5.11 Å². The van der Waals surface area contributed by atoms with Crippen molar-refractivity contribution in [1.82, 2.24) is 0 Å². The molecule has 0 spiro atoms. The highest BCUT2D eigenvalue weighted by atomic mass is 32.2. The summed E-state index contributed by atoms with van der Waals surface area (Å²) in [4.78, 5) is 1.22. The molecule has 0 fully saturated rings. The number of hydrogen-bond donors (Lipinski definition) is 1. The molecule has 0 heterocycles. The summed E-state index contributed by atoms with van der Waals surface area (Å²) < 4.78 is 0. The van der Waals surface area contributed by atoms with Crippen LogP contribution >= 0.6 is 11.8 Å². The first kappa shape index (κ1) is 13.2. The Balaban J connectivity index is 2.06. The van der Waals surface area contributed by atoms with Gasteiger partial charge in [-0.15, -0.1) is 11.8 Å². The standard InChI is InChI=1S/C16H18OS/c1-12-3-5-13(6-4-12)11-16(17)14-7-9-15(18-2)10-8-14/h3-10,16-17H,11H2,1-2H3. The van der Waals surface area contributed by atoms with E-state index in [1.54, 1.807) is 11.8 Å². The van der Waals surface area contributed by atoms with Gasteiger partial charge in [-0.3, -0.25) is 0 Å². The molecule has 0 aliphatic heterocycles. The maximum Gasteiger partial charge on any atom is 0.0830 e. The predicted octanol–water partition coefficient (Wildman–Crippen LogP) is 3.99. The fourth-order valence-corrected chi connectivity index (χ4v) is 2.30. The Kier molecular flexibility index (Phi) is 4.45. The first-order valence-corrected chi connectivity index (χ1v) is 7.29. The Morgan fingerprint density at radius 3 is 2.17 bits per heavy atom. The number of aryl methyl sites for hydroxylation is 1. The van der Waals surface area contributed by atoms with E-state index in [0.717, 1.165) is 5.56 Å². The summed E-state index contributed by atoms with van der Waals surface area (Å²) in [6.45, 7) is 2.07. The minimum absolute atomic E-state index is 0.427. The van der Waals surface area contributed by atoms with Gasteiger partial charge in [0.1, 0.15) is 0 Å². The van der Waals surface area contributed by atoms with E-state index in [4.69, 9.17) is 0 Å². The van der Waals surface area contributed by atoms with Gasteiger partial charge in [-0.25, -0.2) is 0 Å². The Hall–Kier alpha value is -1.25. The van der Waals surface area contributed by atoms with E-state index in [0.29, 0.717) is 6.42 Å². The molecule has 0 saturated carbocycles. The molecule has 0 radical (unpaired) electrons. The fourth-order valence-electron chi connectivity index (χ4n) is 1.89. The Bertz CT molecular complexity index is 488. The number of hydrogen-bond acceptors (Lipinski definition) is 2.